The van der Waals surface area contributed by atoms with Gasteiger partial charge in [-0.25, -0.2) is 4.98 Å². The summed E-state index contributed by atoms with van der Waals surface area (Å²) in [5, 5.41) is 5.11. The summed E-state index contributed by atoms with van der Waals surface area (Å²) in [5.74, 6) is -0.316. The number of thiazole rings is 1. The minimum atomic E-state index is -0.513. The molecule has 1 aromatic rings. The third kappa shape index (κ3) is 3.52. The number of anilines is 1. The maximum Gasteiger partial charge on any atom is 0.251 e. The minimum absolute atomic E-state index is 0.0359. The van der Waals surface area contributed by atoms with Crippen LogP contribution in [-0.4, -0.2) is 29.9 Å². The molecule has 0 aliphatic carbocycles. The van der Waals surface area contributed by atoms with E-state index >= 15 is 0 Å². The SMILES string of the molecule is CC(=O)NC(C(=O)N(C)c1nccs1)C(C)C. The van der Waals surface area contributed by atoms with E-state index in [1.807, 2.05) is 19.2 Å². The summed E-state index contributed by atoms with van der Waals surface area (Å²) in [6, 6.07) is -0.513. The molecule has 1 heterocycles. The Bertz CT molecular complexity index is 389. The van der Waals surface area contributed by atoms with Gasteiger partial charge in [0.2, 0.25) is 5.91 Å². The van der Waals surface area contributed by atoms with Gasteiger partial charge in [0.05, 0.1) is 0 Å². The third-order valence-electron chi connectivity index (χ3n) is 2.33. The van der Waals surface area contributed by atoms with Gasteiger partial charge in [-0.3, -0.25) is 14.5 Å². The molecule has 0 aliphatic rings. The number of rotatable bonds is 4. The predicted molar refractivity (Wildman–Crippen MR) is 68.0 cm³/mol. The van der Waals surface area contributed by atoms with Crippen LogP contribution in [0.3, 0.4) is 0 Å². The highest BCUT2D eigenvalue weighted by atomic mass is 32.1. The van der Waals surface area contributed by atoms with E-state index in [4.69, 9.17) is 0 Å². The van der Waals surface area contributed by atoms with Gasteiger partial charge >= 0.3 is 0 Å². The van der Waals surface area contributed by atoms with Crippen LogP contribution < -0.4 is 10.2 Å². The maximum atomic E-state index is 12.2. The van der Waals surface area contributed by atoms with Gasteiger partial charge in [-0.05, 0) is 5.92 Å². The largest absolute Gasteiger partial charge is 0.344 e. The van der Waals surface area contributed by atoms with Gasteiger partial charge in [-0.15, -0.1) is 11.3 Å². The predicted octanol–water partition coefficient (Wildman–Crippen LogP) is 1.27. The molecular weight excluding hydrogens is 238 g/mol. The normalized spacial score (nSPS) is 12.3. The average molecular weight is 255 g/mol. The summed E-state index contributed by atoms with van der Waals surface area (Å²) in [6.07, 6.45) is 1.65. The molecule has 1 unspecified atom stereocenters. The summed E-state index contributed by atoms with van der Waals surface area (Å²) in [6.45, 7) is 5.20. The van der Waals surface area contributed by atoms with E-state index in [0.717, 1.165) is 0 Å². The van der Waals surface area contributed by atoms with Gasteiger partial charge < -0.3 is 5.32 Å². The lowest BCUT2D eigenvalue weighted by Crippen LogP contribution is -2.49. The first-order valence-corrected chi connectivity index (χ1v) is 6.25. The number of nitrogens with zero attached hydrogens (tertiary/aromatic N) is 2. The molecule has 6 heteroatoms. The first-order chi connectivity index (χ1) is 7.93. The molecule has 0 fully saturated rings. The highest BCUT2D eigenvalue weighted by molar-refractivity contribution is 7.13. The number of carbonyl (C=O) groups is 2. The molecule has 1 atom stereocenters. The van der Waals surface area contributed by atoms with Crippen molar-refractivity contribution >= 4 is 28.3 Å². The first kappa shape index (κ1) is 13.6. The molecule has 17 heavy (non-hydrogen) atoms. The Labute approximate surface area is 105 Å². The number of nitrogens with one attached hydrogen (secondary N) is 1. The van der Waals surface area contributed by atoms with Crippen LogP contribution in [0.15, 0.2) is 11.6 Å². The molecular formula is C11H17N3O2S. The second-order valence-electron chi connectivity index (χ2n) is 4.13. The van der Waals surface area contributed by atoms with Gasteiger partial charge in [-0.2, -0.15) is 0 Å². The minimum Gasteiger partial charge on any atom is -0.344 e. The molecule has 2 amide bonds. The van der Waals surface area contributed by atoms with Crippen LogP contribution in [0.25, 0.3) is 0 Å². The van der Waals surface area contributed by atoms with Crippen molar-refractivity contribution < 1.29 is 9.59 Å². The number of aromatic nitrogens is 1. The van der Waals surface area contributed by atoms with Crippen LogP contribution in [0.1, 0.15) is 20.8 Å². The van der Waals surface area contributed by atoms with Crippen molar-refractivity contribution in [3.63, 3.8) is 0 Å². The van der Waals surface area contributed by atoms with Crippen LogP contribution in [0.2, 0.25) is 0 Å². The van der Waals surface area contributed by atoms with Gasteiger partial charge in [0.1, 0.15) is 6.04 Å². The van der Waals surface area contributed by atoms with Crippen molar-refractivity contribution in [3.05, 3.63) is 11.6 Å². The van der Waals surface area contributed by atoms with E-state index in [1.54, 1.807) is 13.2 Å². The molecule has 0 saturated carbocycles. The summed E-state index contributed by atoms with van der Waals surface area (Å²) < 4.78 is 0. The Morgan fingerprint density at radius 2 is 2.12 bits per heavy atom. The van der Waals surface area contributed by atoms with Crippen molar-refractivity contribution in [1.82, 2.24) is 10.3 Å². The first-order valence-electron chi connectivity index (χ1n) is 5.37. The van der Waals surface area contributed by atoms with E-state index in [0.29, 0.717) is 5.13 Å². The van der Waals surface area contributed by atoms with E-state index in [1.165, 1.54) is 23.2 Å². The van der Waals surface area contributed by atoms with Crippen molar-refractivity contribution in [2.24, 2.45) is 5.92 Å². The van der Waals surface area contributed by atoms with Gasteiger partial charge in [0.15, 0.2) is 5.13 Å². The monoisotopic (exact) mass is 255 g/mol. The Morgan fingerprint density at radius 3 is 2.53 bits per heavy atom. The van der Waals surface area contributed by atoms with E-state index < -0.39 is 6.04 Å². The van der Waals surface area contributed by atoms with Gasteiger partial charge in [0.25, 0.3) is 5.91 Å². The third-order valence-corrected chi connectivity index (χ3v) is 3.18. The van der Waals surface area contributed by atoms with E-state index in [-0.39, 0.29) is 17.7 Å². The number of hydrogen-bond donors (Lipinski definition) is 1. The quantitative estimate of drug-likeness (QED) is 0.881. The Morgan fingerprint density at radius 1 is 1.47 bits per heavy atom. The summed E-state index contributed by atoms with van der Waals surface area (Å²) >= 11 is 1.39. The number of likely N-dealkylation sites (N-methyl/N-ethyl adjacent to an activating group) is 1. The van der Waals surface area contributed by atoms with Crippen molar-refractivity contribution in [2.75, 3.05) is 11.9 Å². The van der Waals surface area contributed by atoms with Crippen LogP contribution in [0.4, 0.5) is 5.13 Å². The van der Waals surface area contributed by atoms with Crippen LogP contribution in [0, 0.1) is 5.92 Å². The highest BCUT2D eigenvalue weighted by Crippen LogP contribution is 2.17. The molecule has 0 aromatic carbocycles. The fourth-order valence-electron chi connectivity index (χ4n) is 1.42. The Hall–Kier alpha value is -1.43. The Kier molecular flexibility index (Phi) is 4.62. The van der Waals surface area contributed by atoms with Crippen molar-refractivity contribution in [1.29, 1.82) is 0 Å². The fourth-order valence-corrected chi connectivity index (χ4v) is 2.03. The van der Waals surface area contributed by atoms with Crippen LogP contribution >= 0.6 is 11.3 Å². The molecule has 0 radical (unpaired) electrons. The van der Waals surface area contributed by atoms with E-state index in [9.17, 15) is 9.59 Å². The van der Waals surface area contributed by atoms with Crippen molar-refractivity contribution in [3.8, 4) is 0 Å². The zero-order valence-electron chi connectivity index (χ0n) is 10.4. The molecule has 0 spiro atoms. The van der Waals surface area contributed by atoms with Gasteiger partial charge in [-0.1, -0.05) is 13.8 Å². The summed E-state index contributed by atoms with van der Waals surface area (Å²) in [7, 11) is 1.67. The topological polar surface area (TPSA) is 62.3 Å². The summed E-state index contributed by atoms with van der Waals surface area (Å²) in [5.41, 5.74) is 0. The molecule has 0 saturated heterocycles. The molecule has 1 aromatic heterocycles. The molecule has 5 nitrogen and oxygen atoms in total. The number of amides is 2. The number of carbonyl (C=O) groups excluding carboxylic acids is 2. The average Bonchev–Trinajstić information content (AvgIpc) is 2.76. The zero-order valence-corrected chi connectivity index (χ0v) is 11.2. The molecule has 1 N–H and O–H groups in total. The maximum absolute atomic E-state index is 12.2. The standard InChI is InChI=1S/C11H17N3O2S/c1-7(2)9(13-8(3)15)10(16)14(4)11-12-5-6-17-11/h5-7,9H,1-4H3,(H,13,15). The lowest BCUT2D eigenvalue weighted by atomic mass is 10.0. The number of hydrogen-bond acceptors (Lipinski definition) is 4. The lowest BCUT2D eigenvalue weighted by Gasteiger charge is -2.25. The second-order valence-corrected chi connectivity index (χ2v) is 5.01. The van der Waals surface area contributed by atoms with Crippen LogP contribution in [0.5, 0.6) is 0 Å². The van der Waals surface area contributed by atoms with E-state index in [2.05, 4.69) is 10.3 Å². The smallest absolute Gasteiger partial charge is 0.251 e. The molecule has 0 aliphatic heterocycles. The van der Waals surface area contributed by atoms with Gasteiger partial charge in [0, 0.05) is 25.5 Å². The zero-order chi connectivity index (χ0) is 13.0. The summed E-state index contributed by atoms with van der Waals surface area (Å²) in [4.78, 5) is 28.8. The lowest BCUT2D eigenvalue weighted by molar-refractivity contribution is -0.127. The second kappa shape index (κ2) is 5.77. The molecule has 94 valence electrons. The van der Waals surface area contributed by atoms with Crippen LogP contribution in [-0.2, 0) is 9.59 Å². The highest BCUT2D eigenvalue weighted by Gasteiger charge is 2.27. The van der Waals surface area contributed by atoms with Crippen molar-refractivity contribution in [2.45, 2.75) is 26.8 Å². The molecule has 1 rings (SSSR count). The fraction of sp³-hybridized carbons (Fsp3) is 0.545. The Balaban J connectivity index is 2.81. The molecule has 0 bridgehead atoms.